The van der Waals surface area contributed by atoms with E-state index < -0.39 is 0 Å². The molecule has 1 unspecified atom stereocenters. The lowest BCUT2D eigenvalue weighted by atomic mass is 9.90. The molecule has 0 aromatic heterocycles. The van der Waals surface area contributed by atoms with E-state index in [1.165, 1.54) is 38.5 Å². The summed E-state index contributed by atoms with van der Waals surface area (Å²) < 4.78 is 5.44. The van der Waals surface area contributed by atoms with Gasteiger partial charge in [0, 0.05) is 24.8 Å². The minimum Gasteiger partial charge on any atom is -0.381 e. The average Bonchev–Trinajstić information content (AvgIpc) is 3.01. The lowest BCUT2D eigenvalue weighted by Gasteiger charge is -2.38. The van der Waals surface area contributed by atoms with E-state index in [9.17, 15) is 0 Å². The summed E-state index contributed by atoms with van der Waals surface area (Å²) in [5.41, 5.74) is 0.348. The van der Waals surface area contributed by atoms with Crippen molar-refractivity contribution in [3.8, 4) is 0 Å². The van der Waals surface area contributed by atoms with Crippen molar-refractivity contribution in [1.82, 2.24) is 5.32 Å². The minimum absolute atomic E-state index is 0.348. The van der Waals surface area contributed by atoms with E-state index in [1.54, 1.807) is 0 Å². The molecule has 1 heterocycles. The summed E-state index contributed by atoms with van der Waals surface area (Å²) in [6, 6.07) is 0.776. The van der Waals surface area contributed by atoms with Crippen molar-refractivity contribution >= 4 is 0 Å². The molecule has 0 radical (unpaired) electrons. The summed E-state index contributed by atoms with van der Waals surface area (Å²) in [5.74, 6) is 0.976. The fourth-order valence-electron chi connectivity index (χ4n) is 2.65. The summed E-state index contributed by atoms with van der Waals surface area (Å²) in [6.45, 7) is 6.55. The van der Waals surface area contributed by atoms with E-state index in [1.807, 2.05) is 0 Å². The fraction of sp³-hybridized carbons (Fsp3) is 1.00. The van der Waals surface area contributed by atoms with Gasteiger partial charge in [-0.3, -0.25) is 0 Å². The van der Waals surface area contributed by atoms with Crippen LogP contribution in [0.4, 0.5) is 0 Å². The molecular weight excluding hydrogens is 186 g/mol. The zero-order valence-corrected chi connectivity index (χ0v) is 10.2. The van der Waals surface area contributed by atoms with Gasteiger partial charge in [-0.05, 0) is 44.9 Å². The molecular formula is C13H25NO. The lowest BCUT2D eigenvalue weighted by Crippen LogP contribution is -2.52. The highest BCUT2D eigenvalue weighted by molar-refractivity contribution is 4.94. The van der Waals surface area contributed by atoms with E-state index >= 15 is 0 Å². The van der Waals surface area contributed by atoms with Crippen LogP contribution in [-0.2, 0) is 4.74 Å². The van der Waals surface area contributed by atoms with Crippen LogP contribution in [0.25, 0.3) is 0 Å². The Morgan fingerprint density at radius 3 is 2.53 bits per heavy atom. The Morgan fingerprint density at radius 2 is 2.00 bits per heavy atom. The summed E-state index contributed by atoms with van der Waals surface area (Å²) >= 11 is 0. The third-order valence-electron chi connectivity index (χ3n) is 3.92. The maximum Gasteiger partial charge on any atom is 0.0483 e. The zero-order chi connectivity index (χ0) is 10.7. The molecule has 2 fully saturated rings. The summed E-state index contributed by atoms with van der Waals surface area (Å²) in [7, 11) is 0. The molecule has 2 heteroatoms. The minimum atomic E-state index is 0.348. The van der Waals surface area contributed by atoms with Gasteiger partial charge < -0.3 is 10.1 Å². The molecule has 1 atom stereocenters. The Balaban J connectivity index is 1.85. The number of rotatable bonds is 5. The van der Waals surface area contributed by atoms with Gasteiger partial charge in [0.1, 0.15) is 0 Å². The molecule has 2 rings (SSSR count). The highest BCUT2D eigenvalue weighted by Crippen LogP contribution is 2.36. The molecule has 0 aromatic carbocycles. The van der Waals surface area contributed by atoms with Crippen LogP contribution in [0, 0.1) is 5.92 Å². The van der Waals surface area contributed by atoms with E-state index in [2.05, 4.69) is 19.2 Å². The molecule has 15 heavy (non-hydrogen) atoms. The third-order valence-corrected chi connectivity index (χ3v) is 3.92. The number of nitrogens with one attached hydrogen (secondary N) is 1. The first-order valence-corrected chi connectivity index (χ1v) is 6.59. The molecule has 1 saturated heterocycles. The molecule has 1 saturated carbocycles. The highest BCUT2D eigenvalue weighted by Gasteiger charge is 2.36. The van der Waals surface area contributed by atoms with Gasteiger partial charge in [0.05, 0.1) is 0 Å². The van der Waals surface area contributed by atoms with Crippen LogP contribution >= 0.6 is 0 Å². The predicted octanol–water partition coefficient (Wildman–Crippen LogP) is 2.72. The summed E-state index contributed by atoms with van der Waals surface area (Å²) in [6.07, 6.45) is 7.91. The van der Waals surface area contributed by atoms with E-state index in [0.29, 0.717) is 5.54 Å². The van der Waals surface area contributed by atoms with Gasteiger partial charge in [-0.25, -0.2) is 0 Å². The first kappa shape index (κ1) is 11.4. The maximum absolute atomic E-state index is 5.44. The summed E-state index contributed by atoms with van der Waals surface area (Å²) in [4.78, 5) is 0. The van der Waals surface area contributed by atoms with Crippen molar-refractivity contribution in [2.45, 2.75) is 64.0 Å². The standard InChI is InChI=1S/C13H25NO/c1-3-4-12(11-5-6-11)14-13(2)7-9-15-10-8-13/h11-12,14H,3-10H2,1-2H3. The maximum atomic E-state index is 5.44. The Morgan fingerprint density at radius 1 is 1.33 bits per heavy atom. The lowest BCUT2D eigenvalue weighted by molar-refractivity contribution is 0.0386. The molecule has 0 amide bonds. The van der Waals surface area contributed by atoms with Crippen molar-refractivity contribution < 1.29 is 4.74 Å². The number of ether oxygens (including phenoxy) is 1. The molecule has 2 aliphatic rings. The van der Waals surface area contributed by atoms with Gasteiger partial charge in [-0.1, -0.05) is 13.3 Å². The van der Waals surface area contributed by atoms with Crippen molar-refractivity contribution in [1.29, 1.82) is 0 Å². The Bertz CT molecular complexity index is 195. The van der Waals surface area contributed by atoms with Crippen LogP contribution < -0.4 is 5.32 Å². The first-order valence-electron chi connectivity index (χ1n) is 6.59. The molecule has 1 N–H and O–H groups in total. The van der Waals surface area contributed by atoms with Crippen LogP contribution in [-0.4, -0.2) is 24.8 Å². The second-order valence-corrected chi connectivity index (χ2v) is 5.55. The summed E-state index contributed by atoms with van der Waals surface area (Å²) in [5, 5.41) is 3.92. The molecule has 0 aromatic rings. The van der Waals surface area contributed by atoms with Gasteiger partial charge in [0.25, 0.3) is 0 Å². The van der Waals surface area contributed by atoms with Crippen LogP contribution in [0.2, 0.25) is 0 Å². The molecule has 1 aliphatic heterocycles. The normalized spacial score (nSPS) is 27.6. The van der Waals surface area contributed by atoms with Crippen molar-refractivity contribution in [3.05, 3.63) is 0 Å². The predicted molar refractivity (Wildman–Crippen MR) is 63.0 cm³/mol. The quantitative estimate of drug-likeness (QED) is 0.755. The van der Waals surface area contributed by atoms with Gasteiger partial charge >= 0.3 is 0 Å². The number of hydrogen-bond donors (Lipinski definition) is 1. The second kappa shape index (κ2) is 4.84. The first-order chi connectivity index (χ1) is 7.23. The zero-order valence-electron chi connectivity index (χ0n) is 10.2. The second-order valence-electron chi connectivity index (χ2n) is 5.55. The topological polar surface area (TPSA) is 21.3 Å². The molecule has 88 valence electrons. The van der Waals surface area contributed by atoms with E-state index in [4.69, 9.17) is 4.74 Å². The van der Waals surface area contributed by atoms with E-state index in [-0.39, 0.29) is 0 Å². The Kier molecular flexibility index (Phi) is 3.68. The molecule has 2 nitrogen and oxygen atoms in total. The van der Waals surface area contributed by atoms with Crippen molar-refractivity contribution in [2.75, 3.05) is 13.2 Å². The van der Waals surface area contributed by atoms with Crippen LogP contribution in [0.3, 0.4) is 0 Å². The third kappa shape index (κ3) is 3.18. The molecule has 0 bridgehead atoms. The average molecular weight is 211 g/mol. The molecule has 0 spiro atoms. The SMILES string of the molecule is CCCC(NC1(C)CCOCC1)C1CC1. The van der Waals surface area contributed by atoms with Crippen molar-refractivity contribution in [3.63, 3.8) is 0 Å². The highest BCUT2D eigenvalue weighted by atomic mass is 16.5. The Labute approximate surface area is 93.8 Å². The Hall–Kier alpha value is -0.0800. The monoisotopic (exact) mass is 211 g/mol. The molecule has 1 aliphatic carbocycles. The van der Waals surface area contributed by atoms with Crippen LogP contribution in [0.5, 0.6) is 0 Å². The van der Waals surface area contributed by atoms with Gasteiger partial charge in [-0.2, -0.15) is 0 Å². The van der Waals surface area contributed by atoms with Crippen LogP contribution in [0.15, 0.2) is 0 Å². The largest absolute Gasteiger partial charge is 0.381 e. The number of hydrogen-bond acceptors (Lipinski definition) is 2. The van der Waals surface area contributed by atoms with Gasteiger partial charge in [0.15, 0.2) is 0 Å². The van der Waals surface area contributed by atoms with Crippen molar-refractivity contribution in [2.24, 2.45) is 5.92 Å². The fourth-order valence-corrected chi connectivity index (χ4v) is 2.65. The smallest absolute Gasteiger partial charge is 0.0483 e. The van der Waals surface area contributed by atoms with E-state index in [0.717, 1.165) is 25.2 Å². The van der Waals surface area contributed by atoms with Gasteiger partial charge in [0.2, 0.25) is 0 Å². The van der Waals surface area contributed by atoms with Crippen LogP contribution in [0.1, 0.15) is 52.4 Å². The van der Waals surface area contributed by atoms with Gasteiger partial charge in [-0.15, -0.1) is 0 Å².